The summed E-state index contributed by atoms with van der Waals surface area (Å²) in [5, 5.41) is 2.86. The van der Waals surface area contributed by atoms with Crippen LogP contribution in [0.1, 0.15) is 12.5 Å². The highest BCUT2D eigenvalue weighted by molar-refractivity contribution is 5.78. The van der Waals surface area contributed by atoms with Crippen molar-refractivity contribution >= 4 is 5.91 Å². The van der Waals surface area contributed by atoms with Gasteiger partial charge in [-0.1, -0.05) is 13.0 Å². The molecule has 0 radical (unpaired) electrons. The van der Waals surface area contributed by atoms with Gasteiger partial charge < -0.3 is 20.5 Å². The van der Waals surface area contributed by atoms with Crippen LogP contribution < -0.4 is 20.5 Å². The molecule has 1 amide bonds. The highest BCUT2D eigenvalue weighted by Gasteiger charge is 2.13. The van der Waals surface area contributed by atoms with E-state index in [4.69, 9.17) is 15.2 Å². The molecule has 1 aliphatic heterocycles. The first-order chi connectivity index (χ1) is 8.70. The van der Waals surface area contributed by atoms with Gasteiger partial charge in [0.25, 0.3) is 0 Å². The fourth-order valence-corrected chi connectivity index (χ4v) is 1.71. The van der Waals surface area contributed by atoms with E-state index in [1.54, 1.807) is 0 Å². The van der Waals surface area contributed by atoms with Crippen LogP contribution in [0.15, 0.2) is 18.2 Å². The van der Waals surface area contributed by atoms with Crippen molar-refractivity contribution in [2.24, 2.45) is 11.7 Å². The molecule has 0 saturated heterocycles. The summed E-state index contributed by atoms with van der Waals surface area (Å²) in [6.07, 6.45) is 0.764. The van der Waals surface area contributed by atoms with Gasteiger partial charge >= 0.3 is 0 Å². The first kappa shape index (κ1) is 12.7. The van der Waals surface area contributed by atoms with Crippen LogP contribution in [0.5, 0.6) is 11.5 Å². The lowest BCUT2D eigenvalue weighted by Crippen LogP contribution is -2.34. The summed E-state index contributed by atoms with van der Waals surface area (Å²) < 4.78 is 10.5. The third kappa shape index (κ3) is 2.92. The van der Waals surface area contributed by atoms with Crippen molar-refractivity contribution in [1.29, 1.82) is 0 Å². The summed E-state index contributed by atoms with van der Waals surface area (Å²) in [5.74, 6) is 1.41. The molecule has 98 valence electrons. The molecule has 0 spiro atoms. The number of fused-ring (bicyclic) bond motifs is 1. The van der Waals surface area contributed by atoms with Crippen LogP contribution >= 0.6 is 0 Å². The van der Waals surface area contributed by atoms with E-state index in [-0.39, 0.29) is 18.6 Å². The van der Waals surface area contributed by atoms with E-state index in [1.807, 2.05) is 25.1 Å². The smallest absolute Gasteiger partial charge is 0.231 e. The van der Waals surface area contributed by atoms with Gasteiger partial charge in [0, 0.05) is 19.0 Å². The Hall–Kier alpha value is -1.75. The molecule has 3 N–H and O–H groups in total. The van der Waals surface area contributed by atoms with Crippen LogP contribution in [0.2, 0.25) is 0 Å². The van der Waals surface area contributed by atoms with E-state index in [2.05, 4.69) is 5.32 Å². The van der Waals surface area contributed by atoms with E-state index in [9.17, 15) is 4.79 Å². The number of nitrogens with one attached hydrogen (secondary N) is 1. The molecule has 5 nitrogen and oxygen atoms in total. The van der Waals surface area contributed by atoms with Crippen molar-refractivity contribution in [2.75, 3.05) is 19.9 Å². The SMILES string of the molecule is CC(CN)C(=O)NCCc1ccc2c(c1)OCO2. The second-order valence-corrected chi connectivity index (χ2v) is 4.37. The number of benzene rings is 1. The number of hydrogen-bond donors (Lipinski definition) is 2. The maximum Gasteiger partial charge on any atom is 0.231 e. The lowest BCUT2D eigenvalue weighted by Gasteiger charge is -2.09. The quantitative estimate of drug-likeness (QED) is 0.805. The number of rotatable bonds is 5. The Morgan fingerprint density at radius 2 is 2.22 bits per heavy atom. The van der Waals surface area contributed by atoms with Gasteiger partial charge in [-0.3, -0.25) is 4.79 Å². The van der Waals surface area contributed by atoms with Gasteiger partial charge in [0.15, 0.2) is 11.5 Å². The van der Waals surface area contributed by atoms with Crippen molar-refractivity contribution in [1.82, 2.24) is 5.32 Å². The third-order valence-electron chi connectivity index (χ3n) is 2.95. The molecule has 18 heavy (non-hydrogen) atoms. The molecular weight excluding hydrogens is 232 g/mol. The highest BCUT2D eigenvalue weighted by atomic mass is 16.7. The van der Waals surface area contributed by atoms with Crippen LogP contribution in [-0.2, 0) is 11.2 Å². The molecule has 5 heteroatoms. The number of ether oxygens (including phenoxy) is 2. The number of carbonyl (C=O) groups is 1. The van der Waals surface area contributed by atoms with Crippen molar-refractivity contribution in [3.05, 3.63) is 23.8 Å². The Kier molecular flexibility index (Phi) is 4.04. The molecule has 1 aromatic rings. The maximum atomic E-state index is 11.5. The topological polar surface area (TPSA) is 73.6 Å². The van der Waals surface area contributed by atoms with E-state index >= 15 is 0 Å². The van der Waals surface area contributed by atoms with Gasteiger partial charge in [-0.2, -0.15) is 0 Å². The monoisotopic (exact) mass is 250 g/mol. The van der Waals surface area contributed by atoms with Crippen LogP contribution in [-0.4, -0.2) is 25.8 Å². The van der Waals surface area contributed by atoms with Crippen molar-refractivity contribution < 1.29 is 14.3 Å². The number of nitrogens with two attached hydrogens (primary N) is 1. The van der Waals surface area contributed by atoms with Gasteiger partial charge in [-0.05, 0) is 24.1 Å². The van der Waals surface area contributed by atoms with Gasteiger partial charge in [-0.15, -0.1) is 0 Å². The molecule has 1 unspecified atom stereocenters. The Morgan fingerprint density at radius 1 is 1.44 bits per heavy atom. The van der Waals surface area contributed by atoms with E-state index < -0.39 is 0 Å². The van der Waals surface area contributed by atoms with E-state index in [0.29, 0.717) is 13.1 Å². The average Bonchev–Trinajstić information content (AvgIpc) is 2.85. The molecular formula is C13H18N2O3. The summed E-state index contributed by atoms with van der Waals surface area (Å²) in [4.78, 5) is 11.5. The highest BCUT2D eigenvalue weighted by Crippen LogP contribution is 2.32. The molecule has 1 heterocycles. The lowest BCUT2D eigenvalue weighted by atomic mass is 10.1. The van der Waals surface area contributed by atoms with Gasteiger partial charge in [-0.25, -0.2) is 0 Å². The van der Waals surface area contributed by atoms with Gasteiger partial charge in [0.1, 0.15) is 0 Å². The number of amides is 1. The summed E-state index contributed by atoms with van der Waals surface area (Å²) in [6.45, 7) is 3.07. The average molecular weight is 250 g/mol. The van der Waals surface area contributed by atoms with Gasteiger partial charge in [0.2, 0.25) is 12.7 Å². The summed E-state index contributed by atoms with van der Waals surface area (Å²) in [7, 11) is 0. The normalized spacial score (nSPS) is 14.3. The number of hydrogen-bond acceptors (Lipinski definition) is 4. The Labute approximate surface area is 106 Å². The largest absolute Gasteiger partial charge is 0.454 e. The van der Waals surface area contributed by atoms with Crippen LogP contribution in [0.3, 0.4) is 0 Å². The second-order valence-electron chi connectivity index (χ2n) is 4.37. The standard InChI is InChI=1S/C13H18N2O3/c1-9(7-14)13(16)15-5-4-10-2-3-11-12(6-10)18-8-17-11/h2-3,6,9H,4-5,7-8,14H2,1H3,(H,15,16). The fraction of sp³-hybridized carbons (Fsp3) is 0.462. The van der Waals surface area contributed by atoms with Crippen LogP contribution in [0.25, 0.3) is 0 Å². The molecule has 0 saturated carbocycles. The van der Waals surface area contributed by atoms with E-state index in [0.717, 1.165) is 23.5 Å². The summed E-state index contributed by atoms with van der Waals surface area (Å²) in [6, 6.07) is 5.81. The zero-order chi connectivity index (χ0) is 13.0. The Balaban J connectivity index is 1.82. The minimum atomic E-state index is -0.137. The molecule has 2 rings (SSSR count). The van der Waals surface area contributed by atoms with Crippen LogP contribution in [0.4, 0.5) is 0 Å². The first-order valence-electron chi connectivity index (χ1n) is 6.07. The van der Waals surface area contributed by atoms with Crippen molar-refractivity contribution in [3.8, 4) is 11.5 Å². The molecule has 1 aliphatic rings. The van der Waals surface area contributed by atoms with E-state index in [1.165, 1.54) is 0 Å². The van der Waals surface area contributed by atoms with Gasteiger partial charge in [0.05, 0.1) is 0 Å². The summed E-state index contributed by atoms with van der Waals surface area (Å²) in [5.41, 5.74) is 6.54. The van der Waals surface area contributed by atoms with Crippen molar-refractivity contribution in [3.63, 3.8) is 0 Å². The summed E-state index contributed by atoms with van der Waals surface area (Å²) >= 11 is 0. The molecule has 0 aromatic heterocycles. The van der Waals surface area contributed by atoms with Crippen LogP contribution in [0, 0.1) is 5.92 Å². The Morgan fingerprint density at radius 3 is 3.00 bits per heavy atom. The zero-order valence-electron chi connectivity index (χ0n) is 10.4. The minimum Gasteiger partial charge on any atom is -0.454 e. The molecule has 0 fully saturated rings. The zero-order valence-corrected chi connectivity index (χ0v) is 10.4. The maximum absolute atomic E-state index is 11.5. The molecule has 1 atom stereocenters. The molecule has 0 bridgehead atoms. The first-order valence-corrected chi connectivity index (χ1v) is 6.07. The molecule has 0 aliphatic carbocycles. The van der Waals surface area contributed by atoms with Crippen molar-refractivity contribution in [2.45, 2.75) is 13.3 Å². The Bertz CT molecular complexity index is 434. The minimum absolute atomic E-state index is 0.00163. The fourth-order valence-electron chi connectivity index (χ4n) is 1.71. The molecule has 1 aromatic carbocycles. The predicted octanol–water partition coefficient (Wildman–Crippen LogP) is 0.669. The number of carbonyl (C=O) groups excluding carboxylic acids is 1. The lowest BCUT2D eigenvalue weighted by molar-refractivity contribution is -0.124. The predicted molar refractivity (Wildman–Crippen MR) is 67.5 cm³/mol. The third-order valence-corrected chi connectivity index (χ3v) is 2.95. The second kappa shape index (κ2) is 5.73.